The number of carbonyl (C=O) groups excluding carboxylic acids is 1. The van der Waals surface area contributed by atoms with Gasteiger partial charge in [-0.25, -0.2) is 0 Å². The Labute approximate surface area is 221 Å². The molecule has 33 heavy (non-hydrogen) atoms. The Kier molecular flexibility index (Phi) is 17.6. The summed E-state index contributed by atoms with van der Waals surface area (Å²) in [5.41, 5.74) is 0.711. The van der Waals surface area contributed by atoms with Crippen LogP contribution in [0.1, 0.15) is 110 Å². The minimum Gasteiger partial charge on any atom is -0.362 e. The molecule has 1 aromatic rings. The highest BCUT2D eigenvalue weighted by Gasteiger charge is 2.33. The molecule has 0 aliphatic rings. The summed E-state index contributed by atoms with van der Waals surface area (Å²) < 4.78 is -1.68. The highest BCUT2D eigenvalue weighted by atomic mass is 35.6. The first-order valence-corrected chi connectivity index (χ1v) is 14.2. The fourth-order valence-electron chi connectivity index (χ4n) is 3.80. The standard InChI is InChI=1S/C26H42Cl4N2O/c1-2-3-4-5-6-7-8-9-10-11-12-13-14-15-16-17-24(33)32-25(26(28,29)30)31-23-20-18-22(27)19-21-23/h18-21,25,31H,2-17H2,1H3,(H,32,33)/t25-/m0/s1. The van der Waals surface area contributed by atoms with Crippen molar-refractivity contribution in [1.82, 2.24) is 5.32 Å². The summed E-state index contributed by atoms with van der Waals surface area (Å²) in [6.45, 7) is 2.27. The Bertz CT molecular complexity index is 620. The van der Waals surface area contributed by atoms with Crippen LogP contribution in [0.15, 0.2) is 24.3 Å². The van der Waals surface area contributed by atoms with Gasteiger partial charge in [-0.1, -0.05) is 143 Å². The highest BCUT2D eigenvalue weighted by molar-refractivity contribution is 6.68. The van der Waals surface area contributed by atoms with E-state index in [1.54, 1.807) is 24.3 Å². The lowest BCUT2D eigenvalue weighted by Crippen LogP contribution is -2.49. The Balaban J connectivity index is 2.05. The topological polar surface area (TPSA) is 41.1 Å². The number of amides is 1. The molecular formula is C26H42Cl4N2O. The predicted octanol–water partition coefficient (Wildman–Crippen LogP) is 9.83. The van der Waals surface area contributed by atoms with Gasteiger partial charge >= 0.3 is 0 Å². The van der Waals surface area contributed by atoms with E-state index in [-0.39, 0.29) is 5.91 Å². The lowest BCUT2D eigenvalue weighted by molar-refractivity contribution is -0.121. The number of nitrogens with one attached hydrogen (secondary N) is 2. The maximum atomic E-state index is 12.3. The summed E-state index contributed by atoms with van der Waals surface area (Å²) in [5, 5.41) is 6.45. The SMILES string of the molecule is CCCCCCCCCCCCCCCCCC(=O)N[C@H](Nc1ccc(Cl)cc1)C(Cl)(Cl)Cl. The number of alkyl halides is 3. The molecule has 0 saturated heterocycles. The number of benzene rings is 1. The monoisotopic (exact) mass is 538 g/mol. The van der Waals surface area contributed by atoms with E-state index in [9.17, 15) is 4.79 Å². The molecule has 1 atom stereocenters. The van der Waals surface area contributed by atoms with Gasteiger partial charge in [-0.15, -0.1) is 0 Å². The van der Waals surface area contributed by atoms with Gasteiger partial charge in [0.05, 0.1) is 0 Å². The molecule has 1 aromatic carbocycles. The fraction of sp³-hybridized carbons (Fsp3) is 0.731. The number of halogens is 4. The van der Waals surface area contributed by atoms with Gasteiger partial charge in [0.2, 0.25) is 9.70 Å². The van der Waals surface area contributed by atoms with Crippen molar-refractivity contribution >= 4 is 58.0 Å². The predicted molar refractivity (Wildman–Crippen MR) is 147 cm³/mol. The molecule has 3 nitrogen and oxygen atoms in total. The van der Waals surface area contributed by atoms with Crippen molar-refractivity contribution < 1.29 is 4.79 Å². The van der Waals surface area contributed by atoms with Gasteiger partial charge in [0, 0.05) is 17.1 Å². The smallest absolute Gasteiger partial charge is 0.228 e. The van der Waals surface area contributed by atoms with Crippen molar-refractivity contribution in [2.75, 3.05) is 5.32 Å². The molecule has 190 valence electrons. The third kappa shape index (κ3) is 16.8. The highest BCUT2D eigenvalue weighted by Crippen LogP contribution is 2.31. The summed E-state index contributed by atoms with van der Waals surface area (Å²) in [6, 6.07) is 7.01. The molecule has 0 bridgehead atoms. The molecular weight excluding hydrogens is 498 g/mol. The number of unbranched alkanes of at least 4 members (excludes halogenated alkanes) is 14. The molecule has 0 saturated carbocycles. The van der Waals surface area contributed by atoms with Crippen LogP contribution in [0.25, 0.3) is 0 Å². The Morgan fingerprint density at radius 1 is 0.758 bits per heavy atom. The minimum atomic E-state index is -1.68. The van der Waals surface area contributed by atoms with Crippen molar-refractivity contribution in [2.45, 2.75) is 120 Å². The molecule has 7 heteroatoms. The first kappa shape index (κ1) is 30.7. The van der Waals surface area contributed by atoms with E-state index in [2.05, 4.69) is 17.6 Å². The van der Waals surface area contributed by atoms with E-state index in [0.29, 0.717) is 17.1 Å². The van der Waals surface area contributed by atoms with E-state index in [4.69, 9.17) is 46.4 Å². The lowest BCUT2D eigenvalue weighted by Gasteiger charge is -2.27. The average molecular weight is 540 g/mol. The maximum Gasteiger partial charge on any atom is 0.228 e. The van der Waals surface area contributed by atoms with Crippen molar-refractivity contribution in [1.29, 1.82) is 0 Å². The Morgan fingerprint density at radius 3 is 1.61 bits per heavy atom. The Morgan fingerprint density at radius 2 is 1.18 bits per heavy atom. The van der Waals surface area contributed by atoms with Gasteiger partial charge in [-0.05, 0) is 30.7 Å². The van der Waals surface area contributed by atoms with Crippen molar-refractivity contribution in [2.24, 2.45) is 0 Å². The van der Waals surface area contributed by atoms with Gasteiger partial charge in [0.15, 0.2) is 0 Å². The summed E-state index contributed by atoms with van der Waals surface area (Å²) in [5.74, 6) is -0.123. The van der Waals surface area contributed by atoms with Crippen molar-refractivity contribution in [3.8, 4) is 0 Å². The number of rotatable bonds is 19. The first-order chi connectivity index (χ1) is 15.8. The summed E-state index contributed by atoms with van der Waals surface area (Å²) >= 11 is 24.1. The van der Waals surface area contributed by atoms with E-state index < -0.39 is 9.96 Å². The lowest BCUT2D eigenvalue weighted by atomic mass is 10.0. The van der Waals surface area contributed by atoms with Crippen molar-refractivity contribution in [3.05, 3.63) is 29.3 Å². The van der Waals surface area contributed by atoms with Crippen LogP contribution in [0.4, 0.5) is 5.69 Å². The van der Waals surface area contributed by atoms with Crippen LogP contribution in [0, 0.1) is 0 Å². The van der Waals surface area contributed by atoms with E-state index >= 15 is 0 Å². The van der Waals surface area contributed by atoms with Crippen molar-refractivity contribution in [3.63, 3.8) is 0 Å². The molecule has 0 fully saturated rings. The molecule has 1 amide bonds. The second-order valence-corrected chi connectivity index (χ2v) is 11.7. The molecule has 2 N–H and O–H groups in total. The van der Waals surface area contributed by atoms with E-state index in [1.165, 1.54) is 83.5 Å². The first-order valence-electron chi connectivity index (χ1n) is 12.7. The van der Waals surface area contributed by atoms with Gasteiger partial charge < -0.3 is 10.6 Å². The van der Waals surface area contributed by atoms with Crippen LogP contribution in [0.2, 0.25) is 5.02 Å². The summed E-state index contributed by atoms with van der Waals surface area (Å²) in [4.78, 5) is 12.3. The second kappa shape index (κ2) is 18.9. The molecule has 1 rings (SSSR count). The normalized spacial score (nSPS) is 12.5. The van der Waals surface area contributed by atoms with Crippen LogP contribution in [0.5, 0.6) is 0 Å². The average Bonchev–Trinajstić information content (AvgIpc) is 2.76. The van der Waals surface area contributed by atoms with E-state index in [0.717, 1.165) is 12.8 Å². The number of carbonyl (C=O) groups is 1. The zero-order valence-corrected chi connectivity index (χ0v) is 23.1. The largest absolute Gasteiger partial charge is 0.362 e. The van der Waals surface area contributed by atoms with Gasteiger partial charge in [0.25, 0.3) is 0 Å². The van der Waals surface area contributed by atoms with Crippen LogP contribution in [-0.2, 0) is 4.79 Å². The van der Waals surface area contributed by atoms with Crippen LogP contribution in [0.3, 0.4) is 0 Å². The summed E-state index contributed by atoms with van der Waals surface area (Å²) in [7, 11) is 0. The van der Waals surface area contributed by atoms with Crippen LogP contribution >= 0.6 is 46.4 Å². The molecule has 0 aromatic heterocycles. The van der Waals surface area contributed by atoms with E-state index in [1.807, 2.05) is 0 Å². The maximum absolute atomic E-state index is 12.3. The Hall–Kier alpha value is -0.350. The van der Waals surface area contributed by atoms with Gasteiger partial charge in [-0.3, -0.25) is 4.79 Å². The molecule has 0 aliphatic carbocycles. The molecule has 0 heterocycles. The zero-order chi connectivity index (χ0) is 24.4. The minimum absolute atomic E-state index is 0.123. The van der Waals surface area contributed by atoms with Crippen LogP contribution < -0.4 is 10.6 Å². The fourth-order valence-corrected chi connectivity index (χ4v) is 4.26. The second-order valence-electron chi connectivity index (χ2n) is 8.89. The summed E-state index contributed by atoms with van der Waals surface area (Å²) in [6.07, 6.45) is 19.0. The molecule has 0 aliphatic heterocycles. The molecule has 0 radical (unpaired) electrons. The van der Waals surface area contributed by atoms with Gasteiger partial charge in [-0.2, -0.15) is 0 Å². The number of anilines is 1. The number of hydrogen-bond donors (Lipinski definition) is 2. The quantitative estimate of drug-likeness (QED) is 0.104. The molecule has 0 spiro atoms. The van der Waals surface area contributed by atoms with Crippen LogP contribution in [-0.4, -0.2) is 15.9 Å². The third-order valence-electron chi connectivity index (χ3n) is 5.80. The van der Waals surface area contributed by atoms with Gasteiger partial charge in [0.1, 0.15) is 6.17 Å². The number of hydrogen-bond acceptors (Lipinski definition) is 2. The third-order valence-corrected chi connectivity index (χ3v) is 6.70. The zero-order valence-electron chi connectivity index (χ0n) is 20.1. The molecule has 0 unspecified atom stereocenters.